The number of carbonyl (C=O) groups is 1. The lowest BCUT2D eigenvalue weighted by Gasteiger charge is -2.04. The molecule has 1 rings (SSSR count). The molecule has 1 unspecified atom stereocenters. The highest BCUT2D eigenvalue weighted by molar-refractivity contribution is 5.86. The highest BCUT2D eigenvalue weighted by atomic mass is 16.5. The Morgan fingerprint density at radius 2 is 2.40 bits per heavy atom. The van der Waals surface area contributed by atoms with Crippen LogP contribution in [0.15, 0.2) is 23.4 Å². The quantitative estimate of drug-likeness (QED) is 0.329. The maximum Gasteiger partial charge on any atom is 0.356 e. The number of aromatic nitrogens is 1. The number of nitrogens with zero attached hydrogens (tertiary/aromatic N) is 4. The summed E-state index contributed by atoms with van der Waals surface area (Å²) < 4.78 is 4.50. The van der Waals surface area contributed by atoms with E-state index in [1.807, 2.05) is 0 Å². The standard InChI is InChI=1S/C9H10N4O2/c1-6(12-13-10)7-3-4-8(11-5-7)9(14)15-2/h3-6H,1-2H3. The minimum Gasteiger partial charge on any atom is -0.464 e. The van der Waals surface area contributed by atoms with Crippen molar-refractivity contribution in [2.75, 3.05) is 7.11 Å². The summed E-state index contributed by atoms with van der Waals surface area (Å²) in [6, 6.07) is 2.91. The van der Waals surface area contributed by atoms with Gasteiger partial charge in [0.25, 0.3) is 0 Å². The van der Waals surface area contributed by atoms with Gasteiger partial charge in [0.1, 0.15) is 5.69 Å². The van der Waals surface area contributed by atoms with Gasteiger partial charge in [-0.1, -0.05) is 18.1 Å². The van der Waals surface area contributed by atoms with Gasteiger partial charge in [-0.25, -0.2) is 9.78 Å². The van der Waals surface area contributed by atoms with E-state index in [-0.39, 0.29) is 11.7 Å². The SMILES string of the molecule is COC(=O)c1ccc(C(C)N=[N+]=[N-])cn1. The van der Waals surface area contributed by atoms with Crippen molar-refractivity contribution in [3.63, 3.8) is 0 Å². The zero-order valence-corrected chi connectivity index (χ0v) is 8.41. The minimum atomic E-state index is -0.488. The van der Waals surface area contributed by atoms with Gasteiger partial charge in [-0.05, 0) is 17.2 Å². The molecule has 0 bridgehead atoms. The molecule has 6 nitrogen and oxygen atoms in total. The van der Waals surface area contributed by atoms with Gasteiger partial charge >= 0.3 is 5.97 Å². The molecule has 0 N–H and O–H groups in total. The molecule has 0 radical (unpaired) electrons. The van der Waals surface area contributed by atoms with Gasteiger partial charge in [-0.3, -0.25) is 0 Å². The Morgan fingerprint density at radius 3 is 2.87 bits per heavy atom. The van der Waals surface area contributed by atoms with Crippen LogP contribution in [-0.4, -0.2) is 18.1 Å². The second kappa shape index (κ2) is 4.97. The van der Waals surface area contributed by atoms with Crippen LogP contribution >= 0.6 is 0 Å². The molecule has 1 atom stereocenters. The second-order valence-corrected chi connectivity index (χ2v) is 2.85. The van der Waals surface area contributed by atoms with Crippen molar-refractivity contribution in [2.45, 2.75) is 13.0 Å². The smallest absolute Gasteiger partial charge is 0.356 e. The first-order chi connectivity index (χ1) is 7.19. The van der Waals surface area contributed by atoms with E-state index in [2.05, 4.69) is 19.7 Å². The molecule has 15 heavy (non-hydrogen) atoms. The summed E-state index contributed by atoms with van der Waals surface area (Å²) in [5.74, 6) is -0.488. The summed E-state index contributed by atoms with van der Waals surface area (Å²) in [5, 5.41) is 3.51. The minimum absolute atomic E-state index is 0.231. The van der Waals surface area contributed by atoms with Crippen LogP contribution in [0.2, 0.25) is 0 Å². The molecule has 0 amide bonds. The number of carbonyl (C=O) groups excluding carboxylic acids is 1. The molecule has 0 aliphatic carbocycles. The summed E-state index contributed by atoms with van der Waals surface area (Å²) in [7, 11) is 1.29. The third-order valence-electron chi connectivity index (χ3n) is 1.89. The number of azide groups is 1. The molecule has 0 saturated carbocycles. The molecule has 1 aromatic rings. The van der Waals surface area contributed by atoms with E-state index in [4.69, 9.17) is 5.53 Å². The number of esters is 1. The lowest BCUT2D eigenvalue weighted by molar-refractivity contribution is 0.0594. The largest absolute Gasteiger partial charge is 0.464 e. The normalized spacial score (nSPS) is 11.3. The Bertz CT molecular complexity index is 395. The number of hydrogen-bond acceptors (Lipinski definition) is 4. The summed E-state index contributed by atoms with van der Waals surface area (Å²) in [4.78, 5) is 17.6. The van der Waals surface area contributed by atoms with Gasteiger partial charge in [0, 0.05) is 11.1 Å². The van der Waals surface area contributed by atoms with Crippen molar-refractivity contribution in [3.8, 4) is 0 Å². The van der Waals surface area contributed by atoms with Crippen LogP contribution in [0, 0.1) is 0 Å². The first kappa shape index (κ1) is 11.0. The van der Waals surface area contributed by atoms with E-state index in [1.54, 1.807) is 13.0 Å². The van der Waals surface area contributed by atoms with Crippen molar-refractivity contribution >= 4 is 5.97 Å². The van der Waals surface area contributed by atoms with Crippen LogP contribution < -0.4 is 0 Å². The third kappa shape index (κ3) is 2.69. The number of ether oxygens (including phenoxy) is 1. The van der Waals surface area contributed by atoms with E-state index >= 15 is 0 Å². The molecule has 0 saturated heterocycles. The fourth-order valence-corrected chi connectivity index (χ4v) is 1.02. The molecule has 0 aliphatic rings. The predicted octanol–water partition coefficient (Wildman–Crippen LogP) is 2.24. The van der Waals surface area contributed by atoms with Gasteiger partial charge < -0.3 is 4.74 Å². The lowest BCUT2D eigenvalue weighted by atomic mass is 10.1. The van der Waals surface area contributed by atoms with Crippen LogP contribution in [-0.2, 0) is 4.74 Å². The average molecular weight is 206 g/mol. The predicted molar refractivity (Wildman–Crippen MR) is 53.1 cm³/mol. The van der Waals surface area contributed by atoms with Crippen molar-refractivity contribution in [3.05, 3.63) is 40.0 Å². The first-order valence-electron chi connectivity index (χ1n) is 4.27. The Hall–Kier alpha value is -2.07. The van der Waals surface area contributed by atoms with E-state index < -0.39 is 5.97 Å². The summed E-state index contributed by atoms with van der Waals surface area (Å²) >= 11 is 0. The fraction of sp³-hybridized carbons (Fsp3) is 0.333. The third-order valence-corrected chi connectivity index (χ3v) is 1.89. The van der Waals surface area contributed by atoms with E-state index in [1.165, 1.54) is 19.4 Å². The molecule has 1 aromatic heterocycles. The molecule has 78 valence electrons. The van der Waals surface area contributed by atoms with E-state index in [0.717, 1.165) is 5.56 Å². The van der Waals surface area contributed by atoms with Crippen LogP contribution in [0.1, 0.15) is 29.0 Å². The van der Waals surface area contributed by atoms with Crippen LogP contribution in [0.4, 0.5) is 0 Å². The summed E-state index contributed by atoms with van der Waals surface area (Å²) in [6.07, 6.45) is 1.49. The van der Waals surface area contributed by atoms with E-state index in [0.29, 0.717) is 0 Å². The van der Waals surface area contributed by atoms with Gasteiger partial charge in [0.15, 0.2) is 0 Å². The van der Waals surface area contributed by atoms with Crippen molar-refractivity contribution in [1.29, 1.82) is 0 Å². The topological polar surface area (TPSA) is 88.0 Å². The Kier molecular flexibility index (Phi) is 3.65. The zero-order valence-electron chi connectivity index (χ0n) is 8.41. The van der Waals surface area contributed by atoms with Gasteiger partial charge in [0.2, 0.25) is 0 Å². The number of hydrogen-bond donors (Lipinski definition) is 0. The molecular weight excluding hydrogens is 196 g/mol. The highest BCUT2D eigenvalue weighted by Gasteiger charge is 2.08. The average Bonchev–Trinajstić information content (AvgIpc) is 2.28. The maximum absolute atomic E-state index is 11.1. The number of rotatable bonds is 3. The molecule has 0 aromatic carbocycles. The van der Waals surface area contributed by atoms with Gasteiger partial charge in [-0.2, -0.15) is 0 Å². The molecule has 6 heteroatoms. The Balaban J connectivity index is 2.89. The molecule has 0 aliphatic heterocycles. The fourth-order valence-electron chi connectivity index (χ4n) is 1.02. The number of methoxy groups -OCH3 is 1. The second-order valence-electron chi connectivity index (χ2n) is 2.85. The Labute approximate surface area is 86.5 Å². The van der Waals surface area contributed by atoms with Crippen LogP contribution in [0.25, 0.3) is 10.4 Å². The monoisotopic (exact) mass is 206 g/mol. The summed E-state index contributed by atoms with van der Waals surface area (Å²) in [6.45, 7) is 1.74. The first-order valence-corrected chi connectivity index (χ1v) is 4.27. The van der Waals surface area contributed by atoms with Gasteiger partial charge in [0.05, 0.1) is 13.2 Å². The summed E-state index contributed by atoms with van der Waals surface area (Å²) in [5.41, 5.74) is 9.22. The zero-order chi connectivity index (χ0) is 11.3. The van der Waals surface area contributed by atoms with Crippen LogP contribution in [0.5, 0.6) is 0 Å². The molecular formula is C9H10N4O2. The van der Waals surface area contributed by atoms with E-state index in [9.17, 15) is 4.79 Å². The van der Waals surface area contributed by atoms with Gasteiger partial charge in [-0.15, -0.1) is 0 Å². The highest BCUT2D eigenvalue weighted by Crippen LogP contribution is 2.15. The maximum atomic E-state index is 11.1. The lowest BCUT2D eigenvalue weighted by Crippen LogP contribution is -2.04. The van der Waals surface area contributed by atoms with Crippen molar-refractivity contribution < 1.29 is 9.53 Å². The Morgan fingerprint density at radius 1 is 1.67 bits per heavy atom. The van der Waals surface area contributed by atoms with Crippen molar-refractivity contribution in [2.24, 2.45) is 5.11 Å². The van der Waals surface area contributed by atoms with Crippen molar-refractivity contribution in [1.82, 2.24) is 4.98 Å². The number of pyridine rings is 1. The van der Waals surface area contributed by atoms with Crippen LogP contribution in [0.3, 0.4) is 0 Å². The molecule has 0 fully saturated rings. The molecule has 1 heterocycles. The molecule has 0 spiro atoms.